The number of halogens is 2. The number of carboxylic acids is 1. The molecule has 0 spiro atoms. The van der Waals surface area contributed by atoms with Gasteiger partial charge >= 0.3 is 5.97 Å². The predicted molar refractivity (Wildman–Crippen MR) is 106 cm³/mol. The summed E-state index contributed by atoms with van der Waals surface area (Å²) in [5.74, 6) is -1.53. The number of carbonyl (C=O) groups excluding carboxylic acids is 1. The van der Waals surface area contributed by atoms with Gasteiger partial charge < -0.3 is 5.11 Å². The molecule has 0 aliphatic heterocycles. The number of hydrogen-bond donors (Lipinski definition) is 1. The number of ketones is 1. The maximum absolute atomic E-state index is 13.2. The quantitative estimate of drug-likeness (QED) is 0.493. The zero-order valence-corrected chi connectivity index (χ0v) is 15.6. The molecular weight excluding hydrogens is 401 g/mol. The fourth-order valence-corrected chi connectivity index (χ4v) is 3.47. The Bertz CT molecular complexity index is 1210. The van der Waals surface area contributed by atoms with Gasteiger partial charge in [-0.3, -0.25) is 4.79 Å². The van der Waals surface area contributed by atoms with Crippen molar-refractivity contribution in [3.8, 4) is 5.69 Å². The number of para-hydroxylation sites is 1. The van der Waals surface area contributed by atoms with Crippen LogP contribution in [-0.2, 0) is 0 Å². The van der Waals surface area contributed by atoms with E-state index in [4.69, 9.17) is 28.3 Å². The van der Waals surface area contributed by atoms with Crippen LogP contribution < -0.4 is 0 Å². The first-order valence-corrected chi connectivity index (χ1v) is 8.89. The molecule has 1 N–H and O–H groups in total. The van der Waals surface area contributed by atoms with Crippen LogP contribution in [0.15, 0.2) is 60.8 Å². The van der Waals surface area contributed by atoms with Crippen LogP contribution in [0.4, 0.5) is 0 Å². The SMILES string of the molecule is O=C(O)c1ccc(-n2nc(C(=O)c3c(Cl)cccc3Cl)c3ccccc32)cn1. The number of rotatable bonds is 4. The molecule has 0 saturated carbocycles. The van der Waals surface area contributed by atoms with E-state index < -0.39 is 11.8 Å². The molecule has 2 heterocycles. The van der Waals surface area contributed by atoms with Gasteiger partial charge in [0, 0.05) is 5.39 Å². The minimum absolute atomic E-state index is 0.0839. The number of aromatic nitrogens is 3. The molecule has 0 aliphatic carbocycles. The van der Waals surface area contributed by atoms with E-state index in [9.17, 15) is 9.59 Å². The molecule has 0 fully saturated rings. The topological polar surface area (TPSA) is 85.1 Å². The van der Waals surface area contributed by atoms with Gasteiger partial charge in [0.2, 0.25) is 5.78 Å². The molecule has 28 heavy (non-hydrogen) atoms. The molecule has 6 nitrogen and oxygen atoms in total. The monoisotopic (exact) mass is 411 g/mol. The number of fused-ring (bicyclic) bond motifs is 1. The number of carbonyl (C=O) groups is 2. The summed E-state index contributed by atoms with van der Waals surface area (Å²) in [6, 6.07) is 15.0. The lowest BCUT2D eigenvalue weighted by molar-refractivity contribution is 0.0690. The molecule has 4 aromatic rings. The average molecular weight is 412 g/mol. The maximum Gasteiger partial charge on any atom is 0.354 e. The average Bonchev–Trinajstić information content (AvgIpc) is 3.07. The number of carboxylic acid groups (broad SMARTS) is 1. The van der Waals surface area contributed by atoms with Gasteiger partial charge in [0.1, 0.15) is 11.4 Å². The van der Waals surface area contributed by atoms with Gasteiger partial charge in [-0.05, 0) is 30.3 Å². The van der Waals surface area contributed by atoms with E-state index in [1.54, 1.807) is 42.5 Å². The third-order valence-corrected chi connectivity index (χ3v) is 4.83. The number of pyridine rings is 1. The Labute approximate surface area is 169 Å². The van der Waals surface area contributed by atoms with E-state index in [0.29, 0.717) is 16.6 Å². The van der Waals surface area contributed by atoms with Crippen LogP contribution in [0.5, 0.6) is 0 Å². The van der Waals surface area contributed by atoms with Crippen molar-refractivity contribution >= 4 is 45.9 Å². The van der Waals surface area contributed by atoms with Crippen molar-refractivity contribution in [3.05, 3.63) is 87.8 Å². The molecule has 0 radical (unpaired) electrons. The van der Waals surface area contributed by atoms with E-state index in [-0.39, 0.29) is 27.0 Å². The minimum Gasteiger partial charge on any atom is -0.477 e. The maximum atomic E-state index is 13.2. The summed E-state index contributed by atoms with van der Waals surface area (Å²) >= 11 is 12.4. The van der Waals surface area contributed by atoms with Gasteiger partial charge in [0.25, 0.3) is 0 Å². The highest BCUT2D eigenvalue weighted by Crippen LogP contribution is 2.30. The Balaban J connectivity index is 1.90. The van der Waals surface area contributed by atoms with Crippen LogP contribution in [0.25, 0.3) is 16.6 Å². The van der Waals surface area contributed by atoms with Gasteiger partial charge in [0.05, 0.1) is 33.0 Å². The van der Waals surface area contributed by atoms with Crippen LogP contribution in [0.1, 0.15) is 26.5 Å². The van der Waals surface area contributed by atoms with E-state index >= 15 is 0 Å². The van der Waals surface area contributed by atoms with Gasteiger partial charge in [-0.15, -0.1) is 0 Å². The van der Waals surface area contributed by atoms with Crippen molar-refractivity contribution in [2.75, 3.05) is 0 Å². The van der Waals surface area contributed by atoms with E-state index in [2.05, 4.69) is 10.1 Å². The molecule has 8 heteroatoms. The van der Waals surface area contributed by atoms with E-state index in [1.807, 2.05) is 6.07 Å². The smallest absolute Gasteiger partial charge is 0.354 e. The molecule has 0 bridgehead atoms. The van der Waals surface area contributed by atoms with Crippen LogP contribution >= 0.6 is 23.2 Å². The number of benzene rings is 2. The summed E-state index contributed by atoms with van der Waals surface area (Å²) < 4.78 is 1.53. The lowest BCUT2D eigenvalue weighted by Crippen LogP contribution is -2.07. The highest BCUT2D eigenvalue weighted by Gasteiger charge is 2.23. The number of nitrogens with zero attached hydrogens (tertiary/aromatic N) is 3. The summed E-state index contributed by atoms with van der Waals surface area (Å²) in [4.78, 5) is 28.1. The lowest BCUT2D eigenvalue weighted by Gasteiger charge is -2.04. The second kappa shape index (κ2) is 7.07. The molecule has 0 atom stereocenters. The standard InChI is InChI=1S/C20H11Cl2N3O3/c21-13-5-3-6-14(22)17(13)19(26)18-12-4-1-2-7-16(12)25(24-18)11-8-9-15(20(27)28)23-10-11/h1-10H,(H,27,28). The van der Waals surface area contributed by atoms with Crippen molar-refractivity contribution in [2.45, 2.75) is 0 Å². The zero-order chi connectivity index (χ0) is 19.8. The van der Waals surface area contributed by atoms with E-state index in [1.165, 1.54) is 16.9 Å². The number of aromatic carboxylic acids is 1. The van der Waals surface area contributed by atoms with Gasteiger partial charge in [-0.1, -0.05) is 47.5 Å². The lowest BCUT2D eigenvalue weighted by atomic mass is 10.1. The second-order valence-electron chi connectivity index (χ2n) is 5.91. The first-order chi connectivity index (χ1) is 13.5. The molecule has 0 aliphatic rings. The first-order valence-electron chi connectivity index (χ1n) is 8.13. The van der Waals surface area contributed by atoms with Crippen molar-refractivity contribution in [2.24, 2.45) is 0 Å². The summed E-state index contributed by atoms with van der Waals surface area (Å²) in [5, 5.41) is 14.6. The molecule has 138 valence electrons. The van der Waals surface area contributed by atoms with Gasteiger partial charge in [0.15, 0.2) is 0 Å². The Hall–Kier alpha value is -3.22. The van der Waals surface area contributed by atoms with Crippen molar-refractivity contribution < 1.29 is 14.7 Å². The highest BCUT2D eigenvalue weighted by molar-refractivity contribution is 6.41. The molecular formula is C20H11Cl2N3O3. The Morgan fingerprint density at radius 3 is 2.29 bits per heavy atom. The largest absolute Gasteiger partial charge is 0.477 e. The summed E-state index contributed by atoms with van der Waals surface area (Å²) in [6.07, 6.45) is 1.39. The molecule has 4 rings (SSSR count). The Morgan fingerprint density at radius 1 is 0.929 bits per heavy atom. The number of hydrogen-bond acceptors (Lipinski definition) is 4. The fourth-order valence-electron chi connectivity index (χ4n) is 2.90. The molecule has 2 aromatic carbocycles. The third kappa shape index (κ3) is 3.02. The highest BCUT2D eigenvalue weighted by atomic mass is 35.5. The summed E-state index contributed by atoms with van der Waals surface area (Å²) in [5.41, 5.74) is 1.47. The third-order valence-electron chi connectivity index (χ3n) is 4.20. The van der Waals surface area contributed by atoms with E-state index in [0.717, 1.165) is 0 Å². The second-order valence-corrected chi connectivity index (χ2v) is 6.72. The van der Waals surface area contributed by atoms with Crippen LogP contribution in [0.3, 0.4) is 0 Å². The molecule has 0 unspecified atom stereocenters. The van der Waals surface area contributed by atoms with Crippen LogP contribution in [0.2, 0.25) is 10.0 Å². The summed E-state index contributed by atoms with van der Waals surface area (Å²) in [6.45, 7) is 0. The van der Waals surface area contributed by atoms with Gasteiger partial charge in [-0.2, -0.15) is 5.10 Å². The van der Waals surface area contributed by atoms with Gasteiger partial charge in [-0.25, -0.2) is 14.5 Å². The van der Waals surface area contributed by atoms with Crippen molar-refractivity contribution in [1.29, 1.82) is 0 Å². The Kier molecular flexibility index (Phi) is 4.58. The predicted octanol–water partition coefficient (Wildman–Crippen LogP) is 4.66. The minimum atomic E-state index is -1.12. The molecule has 0 amide bonds. The molecule has 0 saturated heterocycles. The van der Waals surface area contributed by atoms with Crippen molar-refractivity contribution in [3.63, 3.8) is 0 Å². The Morgan fingerprint density at radius 2 is 1.64 bits per heavy atom. The first kappa shape index (κ1) is 18.2. The molecule has 2 aromatic heterocycles. The van der Waals surface area contributed by atoms with Crippen molar-refractivity contribution in [1.82, 2.24) is 14.8 Å². The normalized spacial score (nSPS) is 10.9. The van der Waals surface area contributed by atoms with Crippen LogP contribution in [0, 0.1) is 0 Å². The van der Waals surface area contributed by atoms with Crippen LogP contribution in [-0.4, -0.2) is 31.6 Å². The summed E-state index contributed by atoms with van der Waals surface area (Å²) in [7, 11) is 0. The fraction of sp³-hybridized carbons (Fsp3) is 0. The zero-order valence-electron chi connectivity index (χ0n) is 14.1.